The van der Waals surface area contributed by atoms with Gasteiger partial charge in [0.05, 0.1) is 23.4 Å². The van der Waals surface area contributed by atoms with Crippen LogP contribution in [0.3, 0.4) is 0 Å². The van der Waals surface area contributed by atoms with Gasteiger partial charge in [0.15, 0.2) is 23.1 Å². The number of hydrogen-bond acceptors (Lipinski definition) is 8. The van der Waals surface area contributed by atoms with E-state index in [9.17, 15) is 29.1 Å². The molecule has 2 saturated carbocycles. The maximum atomic E-state index is 13.8. The molecule has 6 atom stereocenters. The number of likely N-dealkylation sites (N-methyl/N-ethyl adjacent to an activating group) is 1. The largest absolute Gasteiger partial charge is 0.507 e. The number of Topliss-reactive ketones (excluding diaryl/α,β-unsaturated/α-hetero) is 5. The minimum absolute atomic E-state index is 0.0978. The maximum Gasteiger partial charge on any atom is 0.177 e. The Morgan fingerprint density at radius 1 is 1.03 bits per heavy atom. The van der Waals surface area contributed by atoms with Crippen LogP contribution in [0.15, 0.2) is 6.07 Å². The molecule has 1 aromatic carbocycles. The van der Waals surface area contributed by atoms with Crippen molar-refractivity contribution in [2.24, 2.45) is 29.6 Å². The van der Waals surface area contributed by atoms with Crippen LogP contribution < -0.4 is 4.90 Å². The van der Waals surface area contributed by atoms with Crippen LogP contribution in [0.2, 0.25) is 0 Å². The zero-order chi connectivity index (χ0) is 25.2. The van der Waals surface area contributed by atoms with E-state index in [1.165, 1.54) is 6.92 Å². The fraction of sp³-hybridized carbons (Fsp3) is 0.577. The first-order valence-corrected chi connectivity index (χ1v) is 11.8. The molecule has 0 aliphatic heterocycles. The molecular formula is C26H32N2O6. The molecular weight excluding hydrogens is 436 g/mol. The maximum absolute atomic E-state index is 13.8. The highest BCUT2D eigenvalue weighted by molar-refractivity contribution is 6.29. The Balaban J connectivity index is 1.86. The van der Waals surface area contributed by atoms with Gasteiger partial charge < -0.3 is 10.0 Å². The Kier molecular flexibility index (Phi) is 6.00. The van der Waals surface area contributed by atoms with Crippen molar-refractivity contribution < 1.29 is 29.1 Å². The number of carbonyl (C=O) groups excluding carboxylic acids is 5. The number of phenols is 1. The van der Waals surface area contributed by atoms with Crippen LogP contribution in [0.1, 0.15) is 41.8 Å². The summed E-state index contributed by atoms with van der Waals surface area (Å²) in [7, 11) is 7.15. The van der Waals surface area contributed by atoms with Crippen molar-refractivity contribution in [3.05, 3.63) is 22.8 Å². The predicted molar refractivity (Wildman–Crippen MR) is 125 cm³/mol. The lowest BCUT2D eigenvalue weighted by Gasteiger charge is -2.49. The molecule has 0 aromatic heterocycles. The van der Waals surface area contributed by atoms with Crippen molar-refractivity contribution in [2.75, 3.05) is 33.1 Å². The normalized spacial score (nSPS) is 30.7. The Labute approximate surface area is 199 Å². The molecule has 0 radical (unpaired) electrons. The van der Waals surface area contributed by atoms with Gasteiger partial charge in [0.1, 0.15) is 17.5 Å². The van der Waals surface area contributed by atoms with E-state index in [0.29, 0.717) is 30.4 Å². The Morgan fingerprint density at radius 2 is 1.68 bits per heavy atom. The highest BCUT2D eigenvalue weighted by Crippen LogP contribution is 2.50. The second kappa shape index (κ2) is 8.41. The van der Waals surface area contributed by atoms with Gasteiger partial charge in [0, 0.05) is 19.8 Å². The average molecular weight is 469 g/mol. The van der Waals surface area contributed by atoms with Gasteiger partial charge in [-0.15, -0.1) is 0 Å². The molecule has 1 N–H and O–H groups in total. The van der Waals surface area contributed by atoms with Gasteiger partial charge in [-0.1, -0.05) is 6.92 Å². The predicted octanol–water partition coefficient (Wildman–Crippen LogP) is 1.48. The number of phenolic OH excluding ortho intramolecular Hbond substituents is 1. The summed E-state index contributed by atoms with van der Waals surface area (Å²) in [6.45, 7) is 3.08. The van der Waals surface area contributed by atoms with Crippen molar-refractivity contribution in [2.45, 2.75) is 39.2 Å². The number of rotatable bonds is 4. The second-order valence-electron chi connectivity index (χ2n) is 10.3. The van der Waals surface area contributed by atoms with Gasteiger partial charge in [-0.05, 0) is 69.3 Å². The standard InChI is InChI=1S/C26H32N2O6/c1-7-12-10-16(27(3)4)14-8-13-9-15-20(25(33)18(13)24(32)19(14)22(12)30)23(31)17(11(2)29)26(34)21(15)28(5)6/h10,13,15,17-18,20-21,30H,7-9H2,1-6H3. The molecule has 0 spiro atoms. The summed E-state index contributed by atoms with van der Waals surface area (Å²) in [5.41, 5.74) is 2.32. The lowest BCUT2D eigenvalue weighted by atomic mass is 9.54. The molecule has 1 aromatic rings. The zero-order valence-corrected chi connectivity index (χ0v) is 20.5. The first-order chi connectivity index (χ1) is 15.9. The van der Waals surface area contributed by atoms with Crippen LogP contribution >= 0.6 is 0 Å². The van der Waals surface area contributed by atoms with E-state index in [1.54, 1.807) is 19.0 Å². The lowest BCUT2D eigenvalue weighted by Crippen LogP contribution is -2.63. The number of hydrogen-bond donors (Lipinski definition) is 1. The van der Waals surface area contributed by atoms with Gasteiger partial charge >= 0.3 is 0 Å². The van der Waals surface area contributed by atoms with Gasteiger partial charge in [-0.3, -0.25) is 28.9 Å². The van der Waals surface area contributed by atoms with E-state index in [2.05, 4.69) is 0 Å². The molecule has 4 rings (SSSR count). The summed E-state index contributed by atoms with van der Waals surface area (Å²) < 4.78 is 0. The minimum atomic E-state index is -1.47. The summed E-state index contributed by atoms with van der Waals surface area (Å²) in [6.07, 6.45) is 1.26. The van der Waals surface area contributed by atoms with Gasteiger partial charge in [-0.2, -0.15) is 0 Å². The van der Waals surface area contributed by atoms with Crippen LogP contribution in [0, 0.1) is 29.6 Å². The number of aryl methyl sites for hydroxylation is 1. The molecule has 8 heteroatoms. The number of anilines is 1. The van der Waals surface area contributed by atoms with E-state index in [-0.39, 0.29) is 17.2 Å². The van der Waals surface area contributed by atoms with Crippen molar-refractivity contribution in [3.63, 3.8) is 0 Å². The third-order valence-electron chi connectivity index (χ3n) is 7.94. The van der Waals surface area contributed by atoms with Crippen LogP contribution in [0.25, 0.3) is 0 Å². The van der Waals surface area contributed by atoms with Gasteiger partial charge in [0.25, 0.3) is 0 Å². The molecule has 3 aliphatic rings. The van der Waals surface area contributed by atoms with E-state index in [1.807, 2.05) is 32.0 Å². The number of nitrogens with zero attached hydrogens (tertiary/aromatic N) is 2. The van der Waals surface area contributed by atoms with Crippen molar-refractivity contribution in [3.8, 4) is 5.75 Å². The fourth-order valence-electron chi connectivity index (χ4n) is 6.52. The SMILES string of the molecule is CCc1cc(N(C)C)c2c(c1O)C(=O)C1C(=O)C3C(=O)C(C(C)=O)C(=O)C(N(C)C)C3CC1C2. The Morgan fingerprint density at radius 3 is 2.21 bits per heavy atom. The third kappa shape index (κ3) is 3.34. The number of ketones is 5. The van der Waals surface area contributed by atoms with Crippen LogP contribution in [0.4, 0.5) is 5.69 Å². The molecule has 0 heterocycles. The highest BCUT2D eigenvalue weighted by Gasteiger charge is 2.61. The van der Waals surface area contributed by atoms with E-state index >= 15 is 0 Å². The summed E-state index contributed by atoms with van der Waals surface area (Å²) in [4.78, 5) is 69.8. The first-order valence-electron chi connectivity index (χ1n) is 11.8. The quantitative estimate of drug-likeness (QED) is 0.662. The molecule has 3 aliphatic carbocycles. The number of aromatic hydroxyl groups is 1. The van der Waals surface area contributed by atoms with Gasteiger partial charge in [-0.25, -0.2) is 0 Å². The number of carbonyl (C=O) groups is 5. The molecule has 8 nitrogen and oxygen atoms in total. The van der Waals surface area contributed by atoms with Gasteiger partial charge in [0.2, 0.25) is 0 Å². The van der Waals surface area contributed by atoms with Crippen molar-refractivity contribution in [1.29, 1.82) is 0 Å². The Hall–Kier alpha value is -2.87. The molecule has 182 valence electrons. The van der Waals surface area contributed by atoms with E-state index < -0.39 is 58.6 Å². The minimum Gasteiger partial charge on any atom is -0.507 e. The number of fused-ring (bicyclic) bond motifs is 3. The summed E-state index contributed by atoms with van der Waals surface area (Å²) in [5, 5.41) is 10.9. The average Bonchev–Trinajstić information content (AvgIpc) is 2.72. The fourth-order valence-corrected chi connectivity index (χ4v) is 6.52. The summed E-state index contributed by atoms with van der Waals surface area (Å²) >= 11 is 0. The second-order valence-corrected chi connectivity index (χ2v) is 10.3. The van der Waals surface area contributed by atoms with Crippen LogP contribution in [-0.2, 0) is 32.0 Å². The van der Waals surface area contributed by atoms with Crippen molar-refractivity contribution >= 4 is 34.6 Å². The van der Waals surface area contributed by atoms with Crippen LogP contribution in [-0.4, -0.2) is 73.2 Å². The summed E-state index contributed by atoms with van der Waals surface area (Å²) in [5.74, 6) is -7.45. The smallest absolute Gasteiger partial charge is 0.177 e. The van der Waals surface area contributed by atoms with Crippen LogP contribution in [0.5, 0.6) is 5.75 Å². The molecule has 0 amide bonds. The number of benzene rings is 1. The zero-order valence-electron chi connectivity index (χ0n) is 20.5. The molecule has 0 saturated heterocycles. The molecule has 0 bridgehead atoms. The Bertz CT molecular complexity index is 1120. The summed E-state index contributed by atoms with van der Waals surface area (Å²) in [6, 6.07) is 1.13. The van der Waals surface area contributed by atoms with E-state index in [0.717, 1.165) is 5.69 Å². The lowest BCUT2D eigenvalue weighted by molar-refractivity contribution is -0.157. The van der Waals surface area contributed by atoms with E-state index in [4.69, 9.17) is 0 Å². The first kappa shape index (κ1) is 24.3. The van der Waals surface area contributed by atoms with Crippen molar-refractivity contribution in [1.82, 2.24) is 4.90 Å². The molecule has 34 heavy (non-hydrogen) atoms. The topological polar surface area (TPSA) is 112 Å². The third-order valence-corrected chi connectivity index (χ3v) is 7.94. The molecule has 2 fully saturated rings. The molecule has 6 unspecified atom stereocenters. The highest BCUT2D eigenvalue weighted by atomic mass is 16.3. The monoisotopic (exact) mass is 468 g/mol.